The molecule has 0 spiro atoms. The van der Waals surface area contributed by atoms with Crippen molar-refractivity contribution in [3.8, 4) is 0 Å². The number of nitrogens with one attached hydrogen (secondary N) is 1. The number of thioether (sulfide) groups is 1. The Morgan fingerprint density at radius 1 is 1.39 bits per heavy atom. The number of carbonyl (C=O) groups is 3. The molecule has 0 bridgehead atoms. The van der Waals surface area contributed by atoms with Gasteiger partial charge in [0.25, 0.3) is 0 Å². The van der Waals surface area contributed by atoms with Crippen molar-refractivity contribution < 1.29 is 29.0 Å². The van der Waals surface area contributed by atoms with Crippen LogP contribution in [0.25, 0.3) is 0 Å². The minimum atomic E-state index is -1.08. The van der Waals surface area contributed by atoms with Crippen LogP contribution in [0.15, 0.2) is 10.6 Å². The van der Waals surface area contributed by atoms with E-state index in [1.807, 2.05) is 21.0 Å². The number of β-lactam (4-membered cyclic amide) rings is 1. The molecule has 0 aromatic carbocycles. The van der Waals surface area contributed by atoms with E-state index >= 15 is 0 Å². The van der Waals surface area contributed by atoms with Crippen LogP contribution in [-0.2, 0) is 23.9 Å². The molecule has 0 unspecified atom stereocenters. The molecular formula is C21H33N3O6S. The van der Waals surface area contributed by atoms with Gasteiger partial charge in [0.2, 0.25) is 5.91 Å². The third kappa shape index (κ3) is 5.08. The van der Waals surface area contributed by atoms with Crippen molar-refractivity contribution in [2.24, 2.45) is 11.8 Å². The number of likely N-dealkylation sites (N-methyl/N-ethyl adjacent to an activating group) is 1. The first-order valence-corrected chi connectivity index (χ1v) is 11.6. The highest BCUT2D eigenvalue weighted by atomic mass is 32.2. The number of nitrogens with zero attached hydrogens (tertiary/aromatic N) is 2. The number of aliphatic carboxylic acids is 1. The molecule has 0 radical (unpaired) electrons. The molecule has 10 heteroatoms. The Morgan fingerprint density at radius 2 is 2.10 bits per heavy atom. The summed E-state index contributed by atoms with van der Waals surface area (Å²) in [5.41, 5.74) is 0.0875. The number of esters is 1. The molecule has 0 aromatic heterocycles. The molecular weight excluding hydrogens is 422 g/mol. The number of carboxylic acids is 1. The number of rotatable bonds is 10. The molecule has 31 heavy (non-hydrogen) atoms. The molecule has 2 fully saturated rings. The lowest BCUT2D eigenvalue weighted by Crippen LogP contribution is -2.64. The van der Waals surface area contributed by atoms with Gasteiger partial charge in [-0.05, 0) is 27.4 Å². The van der Waals surface area contributed by atoms with Crippen molar-refractivity contribution in [2.45, 2.75) is 50.6 Å². The van der Waals surface area contributed by atoms with E-state index in [9.17, 15) is 19.5 Å². The maximum absolute atomic E-state index is 12.8. The summed E-state index contributed by atoms with van der Waals surface area (Å²) < 4.78 is 11.0. The predicted octanol–water partition coefficient (Wildman–Crippen LogP) is 0.753. The molecule has 3 aliphatic rings. The number of ether oxygens (including phenoxy) is 2. The third-order valence-corrected chi connectivity index (χ3v) is 7.64. The summed E-state index contributed by atoms with van der Waals surface area (Å²) in [5.74, 6) is -2.44. The van der Waals surface area contributed by atoms with Gasteiger partial charge in [0.15, 0.2) is 0 Å². The second-order valence-corrected chi connectivity index (χ2v) is 10.1. The molecule has 3 rings (SSSR count). The minimum absolute atomic E-state index is 0.0875. The molecule has 2 N–H and O–H groups in total. The Kier molecular flexibility index (Phi) is 7.67. The molecule has 9 nitrogen and oxygen atoms in total. The zero-order valence-electron chi connectivity index (χ0n) is 18.8. The maximum atomic E-state index is 12.8. The number of carbonyl (C=O) groups excluding carboxylic acids is 2. The van der Waals surface area contributed by atoms with Gasteiger partial charge in [-0.3, -0.25) is 9.59 Å². The molecule has 2 saturated heterocycles. The van der Waals surface area contributed by atoms with Crippen LogP contribution in [-0.4, -0.2) is 96.6 Å². The Hall–Kier alpha value is -1.62. The smallest absolute Gasteiger partial charge is 0.353 e. The van der Waals surface area contributed by atoms with Crippen LogP contribution in [0.3, 0.4) is 0 Å². The van der Waals surface area contributed by atoms with E-state index in [4.69, 9.17) is 9.47 Å². The average molecular weight is 456 g/mol. The number of hydrogen-bond acceptors (Lipinski definition) is 8. The summed E-state index contributed by atoms with van der Waals surface area (Å²) >= 11 is 1.56. The van der Waals surface area contributed by atoms with Gasteiger partial charge in [-0.15, -0.1) is 11.8 Å². The fraction of sp³-hybridized carbons (Fsp3) is 0.762. The van der Waals surface area contributed by atoms with Gasteiger partial charge in [-0.25, -0.2) is 4.79 Å². The Labute approximate surface area is 187 Å². The lowest BCUT2D eigenvalue weighted by molar-refractivity contribution is -0.171. The third-order valence-electron chi connectivity index (χ3n) is 6.13. The van der Waals surface area contributed by atoms with E-state index in [2.05, 4.69) is 10.2 Å². The van der Waals surface area contributed by atoms with Crippen LogP contribution >= 0.6 is 11.8 Å². The van der Waals surface area contributed by atoms with E-state index in [-0.39, 0.29) is 34.9 Å². The van der Waals surface area contributed by atoms with E-state index < -0.39 is 24.0 Å². The fourth-order valence-electron chi connectivity index (χ4n) is 4.65. The van der Waals surface area contributed by atoms with Crippen molar-refractivity contribution in [3.63, 3.8) is 0 Å². The minimum Gasteiger partial charge on any atom is -0.477 e. The summed E-state index contributed by atoms with van der Waals surface area (Å²) in [6.07, 6.45) is 0.298. The predicted molar refractivity (Wildman–Crippen MR) is 116 cm³/mol. The van der Waals surface area contributed by atoms with E-state index in [0.717, 1.165) is 24.4 Å². The highest BCUT2D eigenvalue weighted by Gasteiger charge is 2.61. The first-order valence-electron chi connectivity index (χ1n) is 10.7. The average Bonchev–Trinajstić information content (AvgIpc) is 3.20. The summed E-state index contributed by atoms with van der Waals surface area (Å²) in [6, 6.07) is -0.0457. The van der Waals surface area contributed by atoms with Gasteiger partial charge in [0, 0.05) is 42.1 Å². The monoisotopic (exact) mass is 455 g/mol. The number of carboxylic acid groups (broad SMARTS) is 1. The van der Waals surface area contributed by atoms with Crippen LogP contribution in [0, 0.1) is 11.8 Å². The van der Waals surface area contributed by atoms with Gasteiger partial charge < -0.3 is 29.7 Å². The quantitative estimate of drug-likeness (QED) is 0.280. The van der Waals surface area contributed by atoms with Crippen molar-refractivity contribution >= 4 is 29.6 Å². The standard InChI is InChI=1S/C21H33N3O6S/c1-11-17-16(12(2)30-13(3)25)20(26)24(17)18(21(27)28)19(11)31-15-8-14(22-9-15)10-29-7-6-23(4)5/h11-12,14-17,22H,6-10H2,1-5H3,(H,27,28)/t11-,12-,14+,15+,16-,17-/m1/s1. The fourth-order valence-corrected chi connectivity index (χ4v) is 6.17. The SMILES string of the molecule is CC(=O)O[C@H](C)[C@H]1C(=O)N2C(C(=O)O)=C(S[C@@H]3CN[C@H](COCCN(C)C)C3)[C@H](C)[C@H]12. The van der Waals surface area contributed by atoms with E-state index in [1.54, 1.807) is 18.7 Å². The first-order chi connectivity index (χ1) is 14.6. The van der Waals surface area contributed by atoms with E-state index in [1.165, 1.54) is 11.8 Å². The second kappa shape index (κ2) is 9.89. The topological polar surface area (TPSA) is 108 Å². The first kappa shape index (κ1) is 24.0. The molecule has 0 aliphatic carbocycles. The zero-order valence-corrected chi connectivity index (χ0v) is 19.6. The Morgan fingerprint density at radius 3 is 2.71 bits per heavy atom. The van der Waals surface area contributed by atoms with Gasteiger partial charge in [0.1, 0.15) is 11.8 Å². The Bertz CT molecular complexity index is 757. The molecule has 3 heterocycles. The second-order valence-electron chi connectivity index (χ2n) is 8.80. The van der Waals surface area contributed by atoms with Gasteiger partial charge in [0.05, 0.1) is 25.2 Å². The Balaban J connectivity index is 1.63. The summed E-state index contributed by atoms with van der Waals surface area (Å²) in [7, 11) is 4.01. The van der Waals surface area contributed by atoms with Crippen LogP contribution in [0.4, 0.5) is 0 Å². The zero-order chi connectivity index (χ0) is 22.9. The summed E-state index contributed by atoms with van der Waals surface area (Å²) in [4.78, 5) is 40.3. The van der Waals surface area contributed by atoms with Crippen LogP contribution in [0.5, 0.6) is 0 Å². The highest BCUT2D eigenvalue weighted by Crippen LogP contribution is 2.52. The molecule has 6 atom stereocenters. The molecule has 174 valence electrons. The lowest BCUT2D eigenvalue weighted by Gasteiger charge is -2.47. The molecule has 3 aliphatic heterocycles. The number of fused-ring (bicyclic) bond motifs is 1. The maximum Gasteiger partial charge on any atom is 0.353 e. The van der Waals surface area contributed by atoms with Crippen molar-refractivity contribution in [1.29, 1.82) is 0 Å². The number of hydrogen-bond donors (Lipinski definition) is 2. The largest absolute Gasteiger partial charge is 0.477 e. The van der Waals surface area contributed by atoms with Gasteiger partial charge in [-0.1, -0.05) is 6.92 Å². The normalized spacial score (nSPS) is 31.1. The highest BCUT2D eigenvalue weighted by molar-refractivity contribution is 8.03. The molecule has 0 saturated carbocycles. The van der Waals surface area contributed by atoms with Crippen molar-refractivity contribution in [2.75, 3.05) is 40.4 Å². The van der Waals surface area contributed by atoms with Crippen LogP contribution in [0.2, 0.25) is 0 Å². The number of amides is 1. The lowest BCUT2D eigenvalue weighted by atomic mass is 9.79. The molecule has 0 aromatic rings. The summed E-state index contributed by atoms with van der Waals surface area (Å²) in [5, 5.41) is 13.5. The van der Waals surface area contributed by atoms with Crippen LogP contribution < -0.4 is 5.32 Å². The van der Waals surface area contributed by atoms with Gasteiger partial charge >= 0.3 is 11.9 Å². The molecule has 1 amide bonds. The van der Waals surface area contributed by atoms with E-state index in [0.29, 0.717) is 13.2 Å². The van der Waals surface area contributed by atoms with Crippen LogP contribution in [0.1, 0.15) is 27.2 Å². The van der Waals surface area contributed by atoms with Crippen molar-refractivity contribution in [1.82, 2.24) is 15.1 Å². The van der Waals surface area contributed by atoms with Gasteiger partial charge in [-0.2, -0.15) is 0 Å². The summed E-state index contributed by atoms with van der Waals surface area (Å²) in [6.45, 7) is 7.90. The van der Waals surface area contributed by atoms with Crippen molar-refractivity contribution in [3.05, 3.63) is 10.6 Å².